The first-order valence-corrected chi connectivity index (χ1v) is 9.70. The molecule has 144 valence electrons. The Morgan fingerprint density at radius 2 is 2.26 bits per heavy atom. The summed E-state index contributed by atoms with van der Waals surface area (Å²) in [6.07, 6.45) is 3.46. The number of nitrogens with one attached hydrogen (secondary N) is 2. The Labute approximate surface area is 158 Å². The molecular formula is C21H26N2O4. The molecule has 1 aromatic rings. The van der Waals surface area contributed by atoms with Crippen LogP contribution in [0.5, 0.6) is 0 Å². The molecule has 5 atom stereocenters. The van der Waals surface area contributed by atoms with Gasteiger partial charge in [-0.05, 0) is 31.4 Å². The Morgan fingerprint density at radius 1 is 1.44 bits per heavy atom. The zero-order valence-electron chi connectivity index (χ0n) is 15.7. The Balaban J connectivity index is 1.87. The summed E-state index contributed by atoms with van der Waals surface area (Å²) in [5, 5.41) is 18.1. The topological polar surface area (TPSA) is 79.8 Å². The molecule has 3 N–H and O–H groups in total. The lowest BCUT2D eigenvalue weighted by molar-refractivity contribution is -0.192. The number of esters is 1. The molecule has 3 fully saturated rings. The molecule has 2 saturated heterocycles. The summed E-state index contributed by atoms with van der Waals surface area (Å²) in [7, 11) is 1.42. The molecule has 0 amide bonds. The summed E-state index contributed by atoms with van der Waals surface area (Å²) in [6, 6.07) is 8.14. The monoisotopic (exact) mass is 370 g/mol. The van der Waals surface area contributed by atoms with Crippen LogP contribution in [0.2, 0.25) is 0 Å². The minimum atomic E-state index is -1.09. The number of benzene rings is 1. The van der Waals surface area contributed by atoms with Crippen molar-refractivity contribution in [2.24, 2.45) is 11.3 Å². The van der Waals surface area contributed by atoms with Crippen LogP contribution in [0.15, 0.2) is 35.9 Å². The van der Waals surface area contributed by atoms with Crippen LogP contribution in [0.25, 0.3) is 0 Å². The molecule has 0 aromatic heterocycles. The minimum absolute atomic E-state index is 0.0467. The lowest BCUT2D eigenvalue weighted by atomic mass is 9.44. The normalized spacial score (nSPS) is 42.9. The molecule has 5 rings (SSSR count). The first kappa shape index (κ1) is 17.2. The van der Waals surface area contributed by atoms with Crippen LogP contribution in [0.3, 0.4) is 0 Å². The number of aliphatic hydroxyl groups excluding tert-OH is 1. The van der Waals surface area contributed by atoms with Gasteiger partial charge in [0.2, 0.25) is 0 Å². The van der Waals surface area contributed by atoms with Gasteiger partial charge in [0, 0.05) is 18.2 Å². The Kier molecular flexibility index (Phi) is 3.55. The zero-order valence-corrected chi connectivity index (χ0v) is 15.7. The summed E-state index contributed by atoms with van der Waals surface area (Å²) in [4.78, 5) is 13.5. The number of carbonyl (C=O) groups excluding carboxylic acids is 1. The predicted molar refractivity (Wildman–Crippen MR) is 100 cm³/mol. The lowest BCUT2D eigenvalue weighted by Gasteiger charge is -2.62. The molecule has 1 saturated carbocycles. The van der Waals surface area contributed by atoms with Gasteiger partial charge in [0.25, 0.3) is 0 Å². The number of para-hydroxylation sites is 1. The SMILES string of the molecule is CC=C1CN[C@@H]2C[C@H]1[C@@](CO)(C(=O)OC)[C@@]13CCO[C@@]21Nc1ccccc13. The number of ether oxygens (including phenoxy) is 2. The van der Waals surface area contributed by atoms with Crippen molar-refractivity contribution in [3.63, 3.8) is 0 Å². The van der Waals surface area contributed by atoms with E-state index in [9.17, 15) is 9.90 Å². The number of fused-ring (bicyclic) bond motifs is 3. The van der Waals surface area contributed by atoms with Crippen molar-refractivity contribution in [1.82, 2.24) is 5.32 Å². The number of allylic oxidation sites excluding steroid dienone is 1. The fourth-order valence-corrected chi connectivity index (χ4v) is 6.67. The van der Waals surface area contributed by atoms with Crippen molar-refractivity contribution in [3.8, 4) is 0 Å². The van der Waals surface area contributed by atoms with Gasteiger partial charge in [-0.2, -0.15) is 0 Å². The quantitative estimate of drug-likeness (QED) is 0.542. The van der Waals surface area contributed by atoms with Gasteiger partial charge in [-0.15, -0.1) is 0 Å². The van der Waals surface area contributed by atoms with Crippen LogP contribution in [0.4, 0.5) is 5.69 Å². The molecule has 0 spiro atoms. The van der Waals surface area contributed by atoms with Crippen LogP contribution in [-0.4, -0.2) is 49.7 Å². The van der Waals surface area contributed by atoms with E-state index in [-0.39, 0.29) is 24.5 Å². The second-order valence-electron chi connectivity index (χ2n) is 8.12. The second-order valence-corrected chi connectivity index (χ2v) is 8.12. The number of anilines is 1. The van der Waals surface area contributed by atoms with Gasteiger partial charge in [0.15, 0.2) is 5.72 Å². The molecule has 0 radical (unpaired) electrons. The maximum Gasteiger partial charge on any atom is 0.315 e. The molecule has 3 aliphatic heterocycles. The van der Waals surface area contributed by atoms with E-state index in [1.165, 1.54) is 7.11 Å². The van der Waals surface area contributed by atoms with E-state index in [4.69, 9.17) is 9.47 Å². The minimum Gasteiger partial charge on any atom is -0.468 e. The number of piperidine rings is 1. The molecule has 2 bridgehead atoms. The van der Waals surface area contributed by atoms with Crippen molar-refractivity contribution in [3.05, 3.63) is 41.5 Å². The first-order valence-electron chi connectivity index (χ1n) is 9.70. The molecule has 1 aromatic carbocycles. The van der Waals surface area contributed by atoms with Crippen LogP contribution in [0.1, 0.15) is 25.3 Å². The number of aliphatic hydroxyl groups is 1. The van der Waals surface area contributed by atoms with Crippen molar-refractivity contribution >= 4 is 11.7 Å². The van der Waals surface area contributed by atoms with Crippen LogP contribution < -0.4 is 10.6 Å². The lowest BCUT2D eigenvalue weighted by Crippen LogP contribution is -2.78. The fourth-order valence-electron chi connectivity index (χ4n) is 6.67. The van der Waals surface area contributed by atoms with E-state index in [2.05, 4.69) is 22.8 Å². The molecule has 0 unspecified atom stereocenters. The number of rotatable bonds is 2. The highest BCUT2D eigenvalue weighted by atomic mass is 16.5. The maximum atomic E-state index is 13.5. The Morgan fingerprint density at radius 3 is 3.00 bits per heavy atom. The third kappa shape index (κ3) is 1.67. The van der Waals surface area contributed by atoms with E-state index >= 15 is 0 Å². The van der Waals surface area contributed by atoms with Gasteiger partial charge >= 0.3 is 5.97 Å². The summed E-state index contributed by atoms with van der Waals surface area (Å²) >= 11 is 0. The zero-order chi connectivity index (χ0) is 18.9. The number of hydrogen-bond donors (Lipinski definition) is 3. The highest BCUT2D eigenvalue weighted by Crippen LogP contribution is 2.70. The van der Waals surface area contributed by atoms with E-state index in [0.717, 1.165) is 23.2 Å². The third-order valence-corrected chi connectivity index (χ3v) is 7.64. The second kappa shape index (κ2) is 5.56. The van der Waals surface area contributed by atoms with Crippen molar-refractivity contribution in [2.45, 2.75) is 36.9 Å². The molecule has 6 nitrogen and oxygen atoms in total. The molecule has 3 heterocycles. The van der Waals surface area contributed by atoms with Gasteiger partial charge in [0.05, 0.1) is 31.8 Å². The van der Waals surface area contributed by atoms with E-state index < -0.39 is 16.6 Å². The van der Waals surface area contributed by atoms with Gasteiger partial charge in [-0.1, -0.05) is 29.8 Å². The Hall–Kier alpha value is -1.89. The first-order chi connectivity index (χ1) is 13.1. The molecule has 27 heavy (non-hydrogen) atoms. The number of methoxy groups -OCH3 is 1. The van der Waals surface area contributed by atoms with E-state index in [0.29, 0.717) is 19.6 Å². The maximum absolute atomic E-state index is 13.5. The Bertz CT molecular complexity index is 839. The highest BCUT2D eigenvalue weighted by molar-refractivity contribution is 5.85. The van der Waals surface area contributed by atoms with Gasteiger partial charge < -0.3 is 25.2 Å². The smallest absolute Gasteiger partial charge is 0.315 e. The van der Waals surface area contributed by atoms with E-state index in [1.807, 2.05) is 25.1 Å². The van der Waals surface area contributed by atoms with Crippen LogP contribution in [0, 0.1) is 11.3 Å². The average molecular weight is 370 g/mol. The summed E-state index contributed by atoms with van der Waals surface area (Å²) in [6.45, 7) is 2.96. The largest absolute Gasteiger partial charge is 0.468 e. The summed E-state index contributed by atoms with van der Waals surface area (Å²) in [5.74, 6) is -0.433. The van der Waals surface area contributed by atoms with Gasteiger partial charge in [-0.3, -0.25) is 4.79 Å². The van der Waals surface area contributed by atoms with Crippen molar-refractivity contribution in [1.29, 1.82) is 0 Å². The number of carbonyl (C=O) groups is 1. The summed E-state index contributed by atoms with van der Waals surface area (Å²) in [5.41, 5.74) is 0.658. The van der Waals surface area contributed by atoms with Crippen LogP contribution >= 0.6 is 0 Å². The molecule has 6 heteroatoms. The molecule has 1 aliphatic carbocycles. The highest BCUT2D eigenvalue weighted by Gasteiger charge is 2.81. The average Bonchev–Trinajstić information content (AvgIpc) is 3.22. The molecular weight excluding hydrogens is 344 g/mol. The van der Waals surface area contributed by atoms with Crippen molar-refractivity contribution < 1.29 is 19.4 Å². The summed E-state index contributed by atoms with van der Waals surface area (Å²) < 4.78 is 11.8. The molecule has 4 aliphatic rings. The van der Waals surface area contributed by atoms with Crippen LogP contribution in [-0.2, 0) is 19.7 Å². The van der Waals surface area contributed by atoms with Gasteiger partial charge in [0.1, 0.15) is 5.41 Å². The fraction of sp³-hybridized carbons (Fsp3) is 0.571. The van der Waals surface area contributed by atoms with Crippen molar-refractivity contribution in [2.75, 3.05) is 32.2 Å². The predicted octanol–water partition coefficient (Wildman–Crippen LogP) is 1.56. The van der Waals surface area contributed by atoms with Gasteiger partial charge in [-0.25, -0.2) is 0 Å². The number of hydrogen-bond acceptors (Lipinski definition) is 6. The van der Waals surface area contributed by atoms with E-state index in [1.54, 1.807) is 0 Å². The standard InChI is InChI=1S/C21H26N2O4/c1-3-13-11-22-17-10-15(13)19(12-24,18(25)26-2)20-8-9-27-21(17,20)23-16-7-5-4-6-14(16)20/h3-7,15,17,22-24H,8-12H2,1-2H3/t15-,17-,19+,20+,21+/m1/s1. The third-order valence-electron chi connectivity index (χ3n) is 7.64.